The quantitative estimate of drug-likeness (QED) is 0.359. The van der Waals surface area contributed by atoms with Crippen molar-refractivity contribution in [3.8, 4) is 28.4 Å². The van der Waals surface area contributed by atoms with E-state index in [0.717, 1.165) is 22.5 Å². The third kappa shape index (κ3) is 5.38. The number of aromatic nitrogens is 2. The number of anilines is 1. The van der Waals surface area contributed by atoms with Gasteiger partial charge in [-0.05, 0) is 29.8 Å². The molecule has 1 aliphatic heterocycles. The van der Waals surface area contributed by atoms with Gasteiger partial charge in [-0.25, -0.2) is 4.98 Å². The molecule has 5 rings (SSSR count). The molecule has 2 heterocycles. The van der Waals surface area contributed by atoms with Crippen LogP contribution in [0.15, 0.2) is 85.1 Å². The number of hydrogen-bond donors (Lipinski definition) is 1. The average Bonchev–Trinajstić information content (AvgIpc) is 3.62. The standard InChI is InChI=1S/C29H28N4O4S/c1-36-25-14-13-20(15-26(25)37-2)16-27(34)33-19-38-18-24(33)28(35)31-29-30-23(21-9-5-3-6-10-21)17-32(29)22-11-7-4-8-12-22/h3-15,17,24H,16,18-19H2,1-2H3,(H,30,31,35)/t24-/m1/s1. The van der Waals surface area contributed by atoms with Crippen LogP contribution in [0.5, 0.6) is 11.5 Å². The number of rotatable bonds is 8. The van der Waals surface area contributed by atoms with Gasteiger partial charge < -0.3 is 14.4 Å². The average molecular weight is 529 g/mol. The maximum Gasteiger partial charge on any atom is 0.250 e. The fourth-order valence-corrected chi connectivity index (χ4v) is 5.55. The molecule has 0 unspecified atom stereocenters. The third-order valence-corrected chi connectivity index (χ3v) is 7.37. The Labute approximate surface area is 225 Å². The van der Waals surface area contributed by atoms with Crippen molar-refractivity contribution in [2.75, 3.05) is 31.2 Å². The highest BCUT2D eigenvalue weighted by Crippen LogP contribution is 2.30. The van der Waals surface area contributed by atoms with Crippen LogP contribution in [0.2, 0.25) is 0 Å². The molecule has 9 heteroatoms. The summed E-state index contributed by atoms with van der Waals surface area (Å²) in [5, 5.41) is 2.99. The number of imidazole rings is 1. The van der Waals surface area contributed by atoms with E-state index >= 15 is 0 Å². The van der Waals surface area contributed by atoms with Gasteiger partial charge >= 0.3 is 0 Å². The number of nitrogens with one attached hydrogen (secondary N) is 1. The molecule has 0 spiro atoms. The maximum atomic E-state index is 13.5. The first kappa shape index (κ1) is 25.4. The first-order valence-corrected chi connectivity index (χ1v) is 13.3. The predicted octanol–water partition coefficient (Wildman–Crippen LogP) is 4.64. The number of methoxy groups -OCH3 is 2. The van der Waals surface area contributed by atoms with Gasteiger partial charge in [-0.15, -0.1) is 11.8 Å². The Bertz CT molecular complexity index is 1430. The van der Waals surface area contributed by atoms with Crippen LogP contribution >= 0.6 is 11.8 Å². The summed E-state index contributed by atoms with van der Waals surface area (Å²) in [5.74, 6) is 2.14. The number of carbonyl (C=O) groups is 2. The van der Waals surface area contributed by atoms with Crippen molar-refractivity contribution in [3.05, 3.63) is 90.6 Å². The van der Waals surface area contributed by atoms with Crippen LogP contribution in [0.4, 0.5) is 5.95 Å². The fourth-order valence-electron chi connectivity index (χ4n) is 4.37. The van der Waals surface area contributed by atoms with Gasteiger partial charge in [-0.2, -0.15) is 0 Å². The first-order valence-electron chi connectivity index (χ1n) is 12.2. The largest absolute Gasteiger partial charge is 0.493 e. The smallest absolute Gasteiger partial charge is 0.250 e. The number of para-hydroxylation sites is 1. The van der Waals surface area contributed by atoms with Crippen molar-refractivity contribution in [3.63, 3.8) is 0 Å². The summed E-state index contributed by atoms with van der Waals surface area (Å²) in [7, 11) is 3.13. The van der Waals surface area contributed by atoms with E-state index in [1.54, 1.807) is 43.0 Å². The van der Waals surface area contributed by atoms with Gasteiger partial charge in [0.15, 0.2) is 11.5 Å². The van der Waals surface area contributed by atoms with E-state index in [-0.39, 0.29) is 18.2 Å². The summed E-state index contributed by atoms with van der Waals surface area (Å²) in [6.07, 6.45) is 2.06. The van der Waals surface area contributed by atoms with Gasteiger partial charge in [0, 0.05) is 23.2 Å². The van der Waals surface area contributed by atoms with Crippen LogP contribution in [0.3, 0.4) is 0 Å². The Morgan fingerprint density at radius 2 is 1.68 bits per heavy atom. The SMILES string of the molecule is COc1ccc(CC(=O)N2CSC[C@@H]2C(=O)Nc2nc(-c3ccccc3)cn2-c2ccccc2)cc1OC. The molecule has 2 amide bonds. The monoisotopic (exact) mass is 528 g/mol. The maximum absolute atomic E-state index is 13.5. The van der Waals surface area contributed by atoms with Crippen LogP contribution in [0.25, 0.3) is 16.9 Å². The summed E-state index contributed by atoms with van der Waals surface area (Å²) >= 11 is 1.56. The van der Waals surface area contributed by atoms with E-state index in [9.17, 15) is 9.59 Å². The molecular formula is C29H28N4O4S. The van der Waals surface area contributed by atoms with Crippen molar-refractivity contribution in [2.45, 2.75) is 12.5 Å². The lowest BCUT2D eigenvalue weighted by Crippen LogP contribution is -2.45. The number of amides is 2. The Kier molecular flexibility index (Phi) is 7.65. The Balaban J connectivity index is 1.36. The molecule has 1 N–H and O–H groups in total. The fraction of sp³-hybridized carbons (Fsp3) is 0.207. The summed E-state index contributed by atoms with van der Waals surface area (Å²) in [5.41, 5.74) is 3.35. The minimum Gasteiger partial charge on any atom is -0.493 e. The van der Waals surface area contributed by atoms with Crippen LogP contribution < -0.4 is 14.8 Å². The van der Waals surface area contributed by atoms with E-state index in [1.807, 2.05) is 77.5 Å². The molecule has 0 bridgehead atoms. The van der Waals surface area contributed by atoms with Crippen molar-refractivity contribution < 1.29 is 19.1 Å². The van der Waals surface area contributed by atoms with E-state index in [1.165, 1.54) is 0 Å². The molecule has 194 valence electrons. The molecule has 1 atom stereocenters. The molecule has 0 saturated carbocycles. The van der Waals surface area contributed by atoms with Crippen LogP contribution in [-0.4, -0.2) is 58.2 Å². The first-order chi connectivity index (χ1) is 18.6. The van der Waals surface area contributed by atoms with Gasteiger partial charge in [0.1, 0.15) is 6.04 Å². The molecule has 4 aromatic rings. The Morgan fingerprint density at radius 3 is 2.39 bits per heavy atom. The molecular weight excluding hydrogens is 500 g/mol. The molecule has 8 nitrogen and oxygen atoms in total. The normalized spacial score (nSPS) is 14.8. The second-order valence-electron chi connectivity index (χ2n) is 8.76. The summed E-state index contributed by atoms with van der Waals surface area (Å²) < 4.78 is 12.5. The van der Waals surface area contributed by atoms with E-state index in [4.69, 9.17) is 14.5 Å². The Hall–Kier alpha value is -4.24. The van der Waals surface area contributed by atoms with Crippen molar-refractivity contribution >= 4 is 29.5 Å². The highest BCUT2D eigenvalue weighted by atomic mass is 32.2. The Morgan fingerprint density at radius 1 is 0.974 bits per heavy atom. The molecule has 1 aromatic heterocycles. The lowest BCUT2D eigenvalue weighted by molar-refractivity contribution is -0.135. The highest BCUT2D eigenvalue weighted by Gasteiger charge is 2.35. The van der Waals surface area contributed by atoms with Crippen molar-refractivity contribution in [1.82, 2.24) is 14.5 Å². The summed E-state index contributed by atoms with van der Waals surface area (Å²) in [6.45, 7) is 0. The lowest BCUT2D eigenvalue weighted by Gasteiger charge is -2.23. The van der Waals surface area contributed by atoms with E-state index in [0.29, 0.717) is 29.1 Å². The second kappa shape index (κ2) is 11.4. The van der Waals surface area contributed by atoms with E-state index < -0.39 is 6.04 Å². The van der Waals surface area contributed by atoms with Crippen molar-refractivity contribution in [1.29, 1.82) is 0 Å². The van der Waals surface area contributed by atoms with Crippen molar-refractivity contribution in [2.24, 2.45) is 0 Å². The molecule has 1 fully saturated rings. The molecule has 1 aliphatic rings. The van der Waals surface area contributed by atoms with Gasteiger partial charge in [0.05, 0.1) is 32.2 Å². The molecule has 1 saturated heterocycles. The number of ether oxygens (including phenoxy) is 2. The second-order valence-corrected chi connectivity index (χ2v) is 9.76. The van der Waals surface area contributed by atoms with Crippen LogP contribution in [0.1, 0.15) is 5.56 Å². The zero-order valence-corrected chi connectivity index (χ0v) is 22.0. The molecule has 3 aromatic carbocycles. The van der Waals surface area contributed by atoms with Gasteiger partial charge in [0.2, 0.25) is 17.8 Å². The van der Waals surface area contributed by atoms with Gasteiger partial charge in [0.25, 0.3) is 0 Å². The predicted molar refractivity (Wildman–Crippen MR) is 149 cm³/mol. The third-order valence-electron chi connectivity index (χ3n) is 6.35. The number of carbonyl (C=O) groups excluding carboxylic acids is 2. The number of benzene rings is 3. The molecule has 38 heavy (non-hydrogen) atoms. The van der Waals surface area contributed by atoms with Gasteiger partial charge in [-0.3, -0.25) is 19.5 Å². The zero-order chi connectivity index (χ0) is 26.5. The lowest BCUT2D eigenvalue weighted by atomic mass is 10.1. The number of nitrogens with zero attached hydrogens (tertiary/aromatic N) is 3. The number of hydrogen-bond acceptors (Lipinski definition) is 6. The summed E-state index contributed by atoms with van der Waals surface area (Å²) in [6, 6.07) is 24.3. The molecule has 0 radical (unpaired) electrons. The van der Waals surface area contributed by atoms with Crippen LogP contribution in [-0.2, 0) is 16.0 Å². The molecule has 0 aliphatic carbocycles. The van der Waals surface area contributed by atoms with Gasteiger partial charge in [-0.1, -0.05) is 54.6 Å². The topological polar surface area (TPSA) is 85.7 Å². The summed E-state index contributed by atoms with van der Waals surface area (Å²) in [4.78, 5) is 33.1. The number of thioether (sulfide) groups is 1. The van der Waals surface area contributed by atoms with E-state index in [2.05, 4.69) is 5.32 Å². The highest BCUT2D eigenvalue weighted by molar-refractivity contribution is 7.99. The minimum absolute atomic E-state index is 0.126. The van der Waals surface area contributed by atoms with Crippen LogP contribution in [0, 0.1) is 0 Å². The zero-order valence-electron chi connectivity index (χ0n) is 21.2. The minimum atomic E-state index is -0.603.